The van der Waals surface area contributed by atoms with Crippen LogP contribution in [0.5, 0.6) is 0 Å². The monoisotopic (exact) mass is 732 g/mol. The van der Waals surface area contributed by atoms with E-state index in [9.17, 15) is 35.9 Å². The molecule has 0 fully saturated rings. The fourth-order valence-corrected chi connectivity index (χ4v) is 6.04. The molecule has 6 aromatic rings. The van der Waals surface area contributed by atoms with Crippen LogP contribution in [0.1, 0.15) is 22.3 Å². The molecule has 0 radical (unpaired) electrons. The van der Waals surface area contributed by atoms with Crippen molar-refractivity contribution in [3.63, 3.8) is 0 Å². The fourth-order valence-electron chi connectivity index (χ4n) is 6.04. The van der Waals surface area contributed by atoms with Gasteiger partial charge < -0.3 is 0 Å². The minimum absolute atomic E-state index is 0.0814. The number of hydrogen-bond acceptors (Lipinski definition) is 4. The summed E-state index contributed by atoms with van der Waals surface area (Å²) in [5.74, 6) is -0.750. The minimum Gasteiger partial charge on any atom is -0.275 e. The van der Waals surface area contributed by atoms with Gasteiger partial charge in [-0.15, -0.1) is 0 Å². The number of hydrogen-bond donors (Lipinski definition) is 0. The van der Waals surface area contributed by atoms with Crippen LogP contribution in [0, 0.1) is 0 Å². The first-order valence-electron chi connectivity index (χ1n) is 16.4. The van der Waals surface area contributed by atoms with Crippen LogP contribution >= 0.6 is 0 Å². The lowest BCUT2D eigenvalue weighted by molar-refractivity contribution is -0.138. The molecule has 6 aromatic carbocycles. The Labute approximate surface area is 305 Å². The quantitative estimate of drug-likeness (QED) is 0.169. The number of halogens is 6. The predicted octanol–water partition coefficient (Wildman–Crippen LogP) is 11.0. The normalized spacial score (nSPS) is 15.3. The summed E-state index contributed by atoms with van der Waals surface area (Å²) >= 11 is 0. The summed E-state index contributed by atoms with van der Waals surface area (Å²) < 4.78 is 77.7. The maximum absolute atomic E-state index is 13.0. The predicted molar refractivity (Wildman–Crippen MR) is 195 cm³/mol. The topological polar surface area (TPSA) is 65.3 Å². The molecule has 0 aliphatic carbocycles. The van der Waals surface area contributed by atoms with Crippen LogP contribution < -0.4 is 9.80 Å². The SMILES string of the molecule is O=C1C(=Nc2cccc(C(F)(F)F)c2)c2ccccc2N1c1ccccc1.O=C1C(=Nc2cccc(C(F)(F)F)c2)c2ccccc2N1c1ccccc1. The van der Waals surface area contributed by atoms with Gasteiger partial charge in [0.1, 0.15) is 11.4 Å². The number of fused-ring (bicyclic) bond motifs is 2. The second-order valence-corrected chi connectivity index (χ2v) is 12.0. The van der Waals surface area contributed by atoms with E-state index in [4.69, 9.17) is 0 Å². The number of amides is 2. The summed E-state index contributed by atoms with van der Waals surface area (Å²) in [6, 6.07) is 41.6. The number of benzene rings is 6. The summed E-state index contributed by atoms with van der Waals surface area (Å²) in [6.45, 7) is 0. The summed E-state index contributed by atoms with van der Waals surface area (Å²) in [5.41, 5.74) is 2.61. The van der Waals surface area contributed by atoms with Gasteiger partial charge >= 0.3 is 12.4 Å². The van der Waals surface area contributed by atoms with E-state index in [0.717, 1.165) is 24.3 Å². The van der Waals surface area contributed by atoms with E-state index < -0.39 is 23.5 Å². The Balaban J connectivity index is 0.000000167. The Morgan fingerprint density at radius 1 is 0.407 bits per heavy atom. The highest BCUT2D eigenvalue weighted by Crippen LogP contribution is 2.39. The molecule has 2 heterocycles. The molecule has 0 bridgehead atoms. The number of carbonyl (C=O) groups excluding carboxylic acids is 2. The maximum Gasteiger partial charge on any atom is 0.416 e. The zero-order valence-corrected chi connectivity index (χ0v) is 27.9. The third-order valence-electron chi connectivity index (χ3n) is 8.47. The third-order valence-corrected chi connectivity index (χ3v) is 8.47. The number of aliphatic imine (C=N–C) groups is 2. The Morgan fingerprint density at radius 3 is 1.13 bits per heavy atom. The zero-order valence-electron chi connectivity index (χ0n) is 27.9. The summed E-state index contributed by atoms with van der Waals surface area (Å²) in [7, 11) is 0. The lowest BCUT2D eigenvalue weighted by atomic mass is 10.1. The minimum atomic E-state index is -4.47. The molecular weight excluding hydrogens is 706 g/mol. The van der Waals surface area contributed by atoms with Crippen molar-refractivity contribution in [1.29, 1.82) is 0 Å². The molecule has 54 heavy (non-hydrogen) atoms. The smallest absolute Gasteiger partial charge is 0.275 e. The third kappa shape index (κ3) is 7.13. The van der Waals surface area contributed by atoms with Crippen LogP contribution in [0.2, 0.25) is 0 Å². The summed E-state index contributed by atoms with van der Waals surface area (Å²) in [6.07, 6.45) is -8.94. The molecular formula is C42H26F6N4O2. The van der Waals surface area contributed by atoms with Crippen LogP contribution in [0.25, 0.3) is 0 Å². The van der Waals surface area contributed by atoms with Crippen molar-refractivity contribution >= 4 is 57.4 Å². The van der Waals surface area contributed by atoms with Crippen LogP contribution in [-0.2, 0) is 21.9 Å². The molecule has 2 amide bonds. The van der Waals surface area contributed by atoms with Gasteiger partial charge in [-0.2, -0.15) is 26.3 Å². The summed E-state index contributed by atoms with van der Waals surface area (Å²) in [5, 5.41) is 0. The first-order valence-corrected chi connectivity index (χ1v) is 16.4. The molecule has 0 spiro atoms. The standard InChI is InChI=1S/2C21H13F3N2O/c2*22-21(23,24)14-7-6-8-15(13-14)25-19-17-11-4-5-12-18(17)26(20(19)27)16-9-2-1-3-10-16/h2*1-13H. The molecule has 0 aromatic heterocycles. The Kier molecular flexibility index (Phi) is 9.42. The lowest BCUT2D eigenvalue weighted by Crippen LogP contribution is -2.25. The van der Waals surface area contributed by atoms with Gasteiger partial charge in [-0.25, -0.2) is 9.98 Å². The number of rotatable bonds is 4. The molecule has 0 atom stereocenters. The van der Waals surface area contributed by atoms with Gasteiger partial charge in [0.25, 0.3) is 11.8 Å². The molecule has 0 N–H and O–H groups in total. The highest BCUT2D eigenvalue weighted by atomic mass is 19.4. The lowest BCUT2D eigenvalue weighted by Gasteiger charge is -2.16. The van der Waals surface area contributed by atoms with Crippen LogP contribution in [0.3, 0.4) is 0 Å². The number of nitrogens with zero attached hydrogens (tertiary/aromatic N) is 4. The highest BCUT2D eigenvalue weighted by molar-refractivity contribution is 6.56. The highest BCUT2D eigenvalue weighted by Gasteiger charge is 2.37. The Hall–Kier alpha value is -6.82. The van der Waals surface area contributed by atoms with Gasteiger partial charge in [0.05, 0.1) is 33.9 Å². The fraction of sp³-hybridized carbons (Fsp3) is 0.0476. The average Bonchev–Trinajstić information content (AvgIpc) is 3.61. The Bertz CT molecular complexity index is 2260. The number of para-hydroxylation sites is 4. The van der Waals surface area contributed by atoms with Crippen LogP contribution in [-0.4, -0.2) is 23.2 Å². The van der Waals surface area contributed by atoms with Crippen molar-refractivity contribution < 1.29 is 35.9 Å². The molecule has 8 rings (SSSR count). The molecule has 12 heteroatoms. The maximum atomic E-state index is 13.0. The van der Waals surface area contributed by atoms with Crippen molar-refractivity contribution in [2.75, 3.05) is 9.80 Å². The summed E-state index contributed by atoms with van der Waals surface area (Å²) in [4.78, 5) is 37.6. The van der Waals surface area contributed by atoms with Crippen molar-refractivity contribution in [2.24, 2.45) is 9.98 Å². The number of alkyl halides is 6. The molecule has 0 unspecified atom stereocenters. The molecule has 0 saturated heterocycles. The van der Waals surface area contributed by atoms with Gasteiger partial charge in [-0.05, 0) is 72.8 Å². The molecule has 268 valence electrons. The van der Waals surface area contributed by atoms with Crippen LogP contribution in [0.4, 0.5) is 60.5 Å². The molecule has 2 aliphatic heterocycles. The van der Waals surface area contributed by atoms with Crippen molar-refractivity contribution in [3.05, 3.63) is 180 Å². The van der Waals surface area contributed by atoms with E-state index in [1.165, 1.54) is 34.1 Å². The second kappa shape index (κ2) is 14.3. The van der Waals surface area contributed by atoms with Gasteiger partial charge in [-0.3, -0.25) is 19.4 Å². The van der Waals surface area contributed by atoms with E-state index >= 15 is 0 Å². The van der Waals surface area contributed by atoms with Crippen molar-refractivity contribution in [2.45, 2.75) is 12.4 Å². The first kappa shape index (κ1) is 35.6. The van der Waals surface area contributed by atoms with E-state index in [-0.39, 0.29) is 34.6 Å². The second-order valence-electron chi connectivity index (χ2n) is 12.0. The molecule has 0 saturated carbocycles. The van der Waals surface area contributed by atoms with E-state index in [1.54, 1.807) is 72.8 Å². The molecule has 2 aliphatic rings. The van der Waals surface area contributed by atoms with Gasteiger partial charge in [0, 0.05) is 22.5 Å². The van der Waals surface area contributed by atoms with E-state index in [2.05, 4.69) is 9.98 Å². The van der Waals surface area contributed by atoms with Crippen molar-refractivity contribution in [3.8, 4) is 0 Å². The Morgan fingerprint density at radius 2 is 0.759 bits per heavy atom. The number of carbonyl (C=O) groups is 2. The number of anilines is 4. The van der Waals surface area contributed by atoms with E-state index in [0.29, 0.717) is 33.9 Å². The van der Waals surface area contributed by atoms with Crippen molar-refractivity contribution in [1.82, 2.24) is 0 Å². The average molecular weight is 733 g/mol. The van der Waals surface area contributed by atoms with Gasteiger partial charge in [0.15, 0.2) is 0 Å². The van der Waals surface area contributed by atoms with Gasteiger partial charge in [0.2, 0.25) is 0 Å². The zero-order chi connectivity index (χ0) is 38.0. The van der Waals surface area contributed by atoms with E-state index in [1.807, 2.05) is 36.4 Å². The largest absolute Gasteiger partial charge is 0.416 e. The van der Waals surface area contributed by atoms with Gasteiger partial charge in [-0.1, -0.05) is 84.9 Å². The molecule has 6 nitrogen and oxygen atoms in total. The van der Waals surface area contributed by atoms with Crippen LogP contribution in [0.15, 0.2) is 168 Å². The first-order chi connectivity index (χ1) is 25.9.